The van der Waals surface area contributed by atoms with Gasteiger partial charge in [0.05, 0.1) is 18.1 Å². The molecule has 3 rings (SSSR count). The zero-order valence-corrected chi connectivity index (χ0v) is 14.4. The summed E-state index contributed by atoms with van der Waals surface area (Å²) in [6, 6.07) is 6.27. The van der Waals surface area contributed by atoms with Crippen molar-refractivity contribution in [3.05, 3.63) is 36.5 Å². The Bertz CT molecular complexity index is 717. The van der Waals surface area contributed by atoms with Crippen molar-refractivity contribution < 1.29 is 9.47 Å². The van der Waals surface area contributed by atoms with Gasteiger partial charge in [0.25, 0.3) is 0 Å². The van der Waals surface area contributed by atoms with Crippen molar-refractivity contribution in [2.24, 2.45) is 0 Å². The summed E-state index contributed by atoms with van der Waals surface area (Å²) >= 11 is 0. The summed E-state index contributed by atoms with van der Waals surface area (Å²) in [5, 5.41) is 3.49. The van der Waals surface area contributed by atoms with Gasteiger partial charge in [-0.2, -0.15) is 0 Å². The standard InChI is InChI=1S/C19H25N3O2/c1-4-6-7-17-19(24-15-10-13(5-2)20-12-15)22-18-11-14(23-3)8-9-16(18)21-17/h4,8-9,11,13,15,20H,1,5-7,10,12H2,2-3H3/t13-,15-/m1/s1. The monoisotopic (exact) mass is 327 g/mol. The molecule has 1 fully saturated rings. The molecule has 5 heteroatoms. The Kier molecular flexibility index (Phi) is 5.30. The van der Waals surface area contributed by atoms with Crippen molar-refractivity contribution >= 4 is 11.0 Å². The first kappa shape index (κ1) is 16.7. The van der Waals surface area contributed by atoms with Gasteiger partial charge in [-0.25, -0.2) is 9.97 Å². The average molecular weight is 327 g/mol. The highest BCUT2D eigenvalue weighted by molar-refractivity contribution is 5.76. The molecule has 1 aliphatic heterocycles. The highest BCUT2D eigenvalue weighted by Crippen LogP contribution is 2.26. The molecule has 0 saturated carbocycles. The second kappa shape index (κ2) is 7.62. The Morgan fingerprint density at radius 1 is 1.33 bits per heavy atom. The molecule has 1 saturated heterocycles. The number of rotatable bonds is 7. The third kappa shape index (κ3) is 3.67. The molecule has 24 heavy (non-hydrogen) atoms. The molecular weight excluding hydrogens is 302 g/mol. The molecule has 2 atom stereocenters. The van der Waals surface area contributed by atoms with Crippen LogP contribution in [0.2, 0.25) is 0 Å². The predicted octanol–water partition coefficient (Wildman–Crippen LogP) is 3.28. The molecule has 0 spiro atoms. The van der Waals surface area contributed by atoms with Gasteiger partial charge in [0, 0.05) is 25.1 Å². The molecule has 0 aliphatic carbocycles. The number of nitrogens with zero attached hydrogens (tertiary/aromatic N) is 2. The van der Waals surface area contributed by atoms with Crippen molar-refractivity contribution in [3.63, 3.8) is 0 Å². The number of hydrogen-bond donors (Lipinski definition) is 1. The predicted molar refractivity (Wildman–Crippen MR) is 95.7 cm³/mol. The van der Waals surface area contributed by atoms with E-state index in [0.717, 1.165) is 54.7 Å². The number of aryl methyl sites for hydroxylation is 1. The molecule has 1 N–H and O–H groups in total. The van der Waals surface area contributed by atoms with Crippen molar-refractivity contribution in [3.8, 4) is 11.6 Å². The summed E-state index contributed by atoms with van der Waals surface area (Å²) in [5.41, 5.74) is 2.55. The molecule has 0 radical (unpaired) electrons. The van der Waals surface area contributed by atoms with Crippen LogP contribution < -0.4 is 14.8 Å². The van der Waals surface area contributed by atoms with E-state index in [1.165, 1.54) is 0 Å². The van der Waals surface area contributed by atoms with Crippen LogP contribution in [0.5, 0.6) is 11.6 Å². The van der Waals surface area contributed by atoms with E-state index in [4.69, 9.17) is 19.4 Å². The van der Waals surface area contributed by atoms with Crippen molar-refractivity contribution in [1.29, 1.82) is 0 Å². The number of aromatic nitrogens is 2. The fourth-order valence-corrected chi connectivity index (χ4v) is 3.02. The van der Waals surface area contributed by atoms with Crippen molar-refractivity contribution in [2.45, 2.75) is 44.8 Å². The van der Waals surface area contributed by atoms with Crippen molar-refractivity contribution in [1.82, 2.24) is 15.3 Å². The summed E-state index contributed by atoms with van der Waals surface area (Å²) < 4.78 is 11.5. The second-order valence-corrected chi connectivity index (χ2v) is 6.15. The lowest BCUT2D eigenvalue weighted by Gasteiger charge is -2.15. The normalized spacial score (nSPS) is 20.2. The Morgan fingerprint density at radius 2 is 2.21 bits per heavy atom. The van der Waals surface area contributed by atoms with Crippen LogP contribution in [0.15, 0.2) is 30.9 Å². The van der Waals surface area contributed by atoms with Crippen LogP contribution in [0.3, 0.4) is 0 Å². The van der Waals surface area contributed by atoms with Crippen molar-refractivity contribution in [2.75, 3.05) is 13.7 Å². The minimum Gasteiger partial charge on any atom is -0.497 e. The van der Waals surface area contributed by atoms with E-state index in [1.807, 2.05) is 24.3 Å². The maximum Gasteiger partial charge on any atom is 0.236 e. The first-order chi connectivity index (χ1) is 11.7. The molecule has 5 nitrogen and oxygen atoms in total. The first-order valence-corrected chi connectivity index (χ1v) is 8.59. The smallest absolute Gasteiger partial charge is 0.236 e. The van der Waals surface area contributed by atoms with E-state index < -0.39 is 0 Å². The molecule has 0 bridgehead atoms. The number of hydrogen-bond acceptors (Lipinski definition) is 5. The lowest BCUT2D eigenvalue weighted by atomic mass is 10.1. The minimum atomic E-state index is 0.148. The maximum atomic E-state index is 6.21. The van der Waals surface area contributed by atoms with Gasteiger partial charge in [-0.1, -0.05) is 13.0 Å². The molecule has 2 heterocycles. The Labute approximate surface area is 143 Å². The maximum absolute atomic E-state index is 6.21. The van der Waals surface area contributed by atoms with Crippen LogP contribution in [0, 0.1) is 0 Å². The Balaban J connectivity index is 1.91. The number of benzene rings is 1. The van der Waals surface area contributed by atoms with Gasteiger partial charge >= 0.3 is 0 Å². The summed E-state index contributed by atoms with van der Waals surface area (Å²) in [6.07, 6.45) is 5.81. The van der Waals surface area contributed by atoms with E-state index in [2.05, 4.69) is 18.8 Å². The number of ether oxygens (including phenoxy) is 2. The highest BCUT2D eigenvalue weighted by Gasteiger charge is 2.25. The highest BCUT2D eigenvalue weighted by atomic mass is 16.5. The van der Waals surface area contributed by atoms with E-state index in [0.29, 0.717) is 11.9 Å². The molecule has 1 aromatic carbocycles. The molecule has 2 aromatic rings. The fourth-order valence-electron chi connectivity index (χ4n) is 3.02. The van der Waals surface area contributed by atoms with Crippen LogP contribution >= 0.6 is 0 Å². The third-order valence-corrected chi connectivity index (χ3v) is 4.44. The van der Waals surface area contributed by atoms with Crippen LogP contribution in [-0.2, 0) is 6.42 Å². The number of allylic oxidation sites excluding steroid dienone is 1. The minimum absolute atomic E-state index is 0.148. The fraction of sp³-hybridized carbons (Fsp3) is 0.474. The third-order valence-electron chi connectivity index (χ3n) is 4.44. The van der Waals surface area contributed by atoms with Crippen LogP contribution in [-0.4, -0.2) is 35.8 Å². The molecule has 128 valence electrons. The number of methoxy groups -OCH3 is 1. The summed E-state index contributed by atoms with van der Waals surface area (Å²) in [7, 11) is 1.65. The SMILES string of the molecule is C=CCCc1nc2ccc(OC)cc2nc1O[C@H]1CN[C@H](CC)C1. The van der Waals surface area contributed by atoms with E-state index in [9.17, 15) is 0 Å². The Hall–Kier alpha value is -2.14. The van der Waals surface area contributed by atoms with Gasteiger partial charge in [0.1, 0.15) is 17.5 Å². The summed E-state index contributed by atoms with van der Waals surface area (Å²) in [5.74, 6) is 1.41. The zero-order chi connectivity index (χ0) is 16.9. The lowest BCUT2D eigenvalue weighted by Crippen LogP contribution is -2.22. The molecular formula is C19H25N3O2. The van der Waals surface area contributed by atoms with Crippen LogP contribution in [0.4, 0.5) is 0 Å². The quantitative estimate of drug-likeness (QED) is 0.791. The van der Waals surface area contributed by atoms with Crippen LogP contribution in [0.1, 0.15) is 31.9 Å². The Morgan fingerprint density at radius 3 is 2.92 bits per heavy atom. The summed E-state index contributed by atoms with van der Waals surface area (Å²) in [4.78, 5) is 9.48. The van der Waals surface area contributed by atoms with Gasteiger partial charge in [-0.3, -0.25) is 0 Å². The number of fused-ring (bicyclic) bond motifs is 1. The topological polar surface area (TPSA) is 56.3 Å². The van der Waals surface area contributed by atoms with Gasteiger partial charge in [-0.15, -0.1) is 6.58 Å². The first-order valence-electron chi connectivity index (χ1n) is 8.59. The average Bonchev–Trinajstić information content (AvgIpc) is 3.07. The van der Waals surface area contributed by atoms with E-state index in [1.54, 1.807) is 7.11 Å². The molecule has 0 unspecified atom stereocenters. The van der Waals surface area contributed by atoms with Gasteiger partial charge in [0.15, 0.2) is 0 Å². The zero-order valence-electron chi connectivity index (χ0n) is 14.4. The van der Waals surface area contributed by atoms with Gasteiger partial charge in [0.2, 0.25) is 5.88 Å². The second-order valence-electron chi connectivity index (χ2n) is 6.15. The molecule has 1 aromatic heterocycles. The largest absolute Gasteiger partial charge is 0.497 e. The summed E-state index contributed by atoms with van der Waals surface area (Å²) in [6.45, 7) is 6.85. The van der Waals surface area contributed by atoms with Crippen LogP contribution in [0.25, 0.3) is 11.0 Å². The van der Waals surface area contributed by atoms with E-state index in [-0.39, 0.29) is 6.10 Å². The van der Waals surface area contributed by atoms with E-state index >= 15 is 0 Å². The number of nitrogens with one attached hydrogen (secondary N) is 1. The molecule has 1 aliphatic rings. The lowest BCUT2D eigenvalue weighted by molar-refractivity contribution is 0.208. The molecule has 0 amide bonds. The van der Waals surface area contributed by atoms with Gasteiger partial charge < -0.3 is 14.8 Å². The van der Waals surface area contributed by atoms with Gasteiger partial charge in [-0.05, 0) is 31.4 Å².